The molecule has 0 aliphatic carbocycles. The number of esters is 1. The average molecular weight is 329 g/mol. The van der Waals surface area contributed by atoms with Crippen molar-refractivity contribution in [2.45, 2.75) is 33.2 Å². The summed E-state index contributed by atoms with van der Waals surface area (Å²) in [6.45, 7) is 6.20. The van der Waals surface area contributed by atoms with Crippen LogP contribution >= 0.6 is 0 Å². The molecule has 5 heteroatoms. The third-order valence-electron chi connectivity index (χ3n) is 3.94. The maximum atomic E-state index is 12.5. The summed E-state index contributed by atoms with van der Waals surface area (Å²) in [5.41, 5.74) is 2.20. The van der Waals surface area contributed by atoms with E-state index in [9.17, 15) is 9.59 Å². The van der Waals surface area contributed by atoms with Crippen LogP contribution in [0.3, 0.4) is 0 Å². The van der Waals surface area contributed by atoms with Crippen molar-refractivity contribution in [1.29, 1.82) is 0 Å². The first-order valence-corrected chi connectivity index (χ1v) is 7.86. The number of benzene rings is 1. The van der Waals surface area contributed by atoms with Gasteiger partial charge in [-0.25, -0.2) is 4.79 Å². The highest BCUT2D eigenvalue weighted by Crippen LogP contribution is 2.19. The molecule has 0 spiro atoms. The number of amides is 1. The lowest BCUT2D eigenvalue weighted by atomic mass is 10.0. The first-order valence-electron chi connectivity index (χ1n) is 7.86. The maximum absolute atomic E-state index is 12.5. The van der Waals surface area contributed by atoms with E-state index in [0.29, 0.717) is 28.6 Å². The number of carbonyl (C=O) groups is 2. The molecule has 0 radical (unpaired) electrons. The Bertz CT molecular complexity index is 728. The van der Waals surface area contributed by atoms with E-state index in [0.717, 1.165) is 0 Å². The van der Waals surface area contributed by atoms with Gasteiger partial charge in [0.15, 0.2) is 0 Å². The van der Waals surface area contributed by atoms with Crippen molar-refractivity contribution in [1.82, 2.24) is 4.90 Å². The second-order valence-corrected chi connectivity index (χ2v) is 6.11. The van der Waals surface area contributed by atoms with Crippen LogP contribution in [0.25, 0.3) is 0 Å². The summed E-state index contributed by atoms with van der Waals surface area (Å²) in [5.74, 6) is 0.913. The van der Waals surface area contributed by atoms with Gasteiger partial charge < -0.3 is 14.1 Å². The molecule has 0 fully saturated rings. The monoisotopic (exact) mass is 329 g/mol. The van der Waals surface area contributed by atoms with Crippen molar-refractivity contribution in [3.8, 4) is 0 Å². The number of furan rings is 1. The predicted molar refractivity (Wildman–Crippen MR) is 91.1 cm³/mol. The van der Waals surface area contributed by atoms with Gasteiger partial charge in [-0.3, -0.25) is 4.79 Å². The van der Waals surface area contributed by atoms with E-state index in [-0.39, 0.29) is 12.5 Å². The molecule has 2 aromatic rings. The van der Waals surface area contributed by atoms with Gasteiger partial charge in [0.25, 0.3) is 5.91 Å². The van der Waals surface area contributed by atoms with E-state index in [1.807, 2.05) is 24.3 Å². The lowest BCUT2D eigenvalue weighted by Crippen LogP contribution is -2.26. The van der Waals surface area contributed by atoms with E-state index in [1.54, 1.807) is 24.9 Å². The molecular formula is C19H23NO4. The molecule has 2 rings (SSSR count). The van der Waals surface area contributed by atoms with Crippen LogP contribution in [0.15, 0.2) is 34.7 Å². The van der Waals surface area contributed by atoms with Crippen molar-refractivity contribution >= 4 is 11.9 Å². The van der Waals surface area contributed by atoms with E-state index in [4.69, 9.17) is 9.15 Å². The molecule has 0 saturated heterocycles. The maximum Gasteiger partial charge on any atom is 0.341 e. The molecule has 0 N–H and O–H groups in total. The highest BCUT2D eigenvalue weighted by molar-refractivity contribution is 5.94. The quantitative estimate of drug-likeness (QED) is 0.784. The summed E-state index contributed by atoms with van der Waals surface area (Å²) in [4.78, 5) is 25.7. The van der Waals surface area contributed by atoms with Gasteiger partial charge in [-0.15, -0.1) is 0 Å². The number of hydrogen-bond donors (Lipinski definition) is 0. The normalized spacial score (nSPS) is 10.8. The fourth-order valence-corrected chi connectivity index (χ4v) is 2.47. The van der Waals surface area contributed by atoms with Gasteiger partial charge in [-0.1, -0.05) is 26.0 Å². The van der Waals surface area contributed by atoms with Gasteiger partial charge in [0, 0.05) is 12.6 Å². The number of aryl methyl sites for hydroxylation is 1. The molecule has 0 aliphatic heterocycles. The van der Waals surface area contributed by atoms with E-state index >= 15 is 0 Å². The Morgan fingerprint density at radius 1 is 1.21 bits per heavy atom. The topological polar surface area (TPSA) is 59.8 Å². The Labute approximate surface area is 142 Å². The standard InChI is InChI=1S/C19H23NO4/c1-12(2)14-6-8-15(9-7-14)18(21)20(4)11-16-10-17(13(3)24-16)19(22)23-5/h6-10,12H,11H2,1-5H3. The van der Waals surface area contributed by atoms with Gasteiger partial charge in [0.2, 0.25) is 0 Å². The van der Waals surface area contributed by atoms with Gasteiger partial charge in [0.05, 0.1) is 13.7 Å². The van der Waals surface area contributed by atoms with Gasteiger partial charge >= 0.3 is 5.97 Å². The Morgan fingerprint density at radius 3 is 2.38 bits per heavy atom. The summed E-state index contributed by atoms with van der Waals surface area (Å²) >= 11 is 0. The minimum atomic E-state index is -0.444. The molecule has 0 atom stereocenters. The largest absolute Gasteiger partial charge is 0.465 e. The van der Waals surface area contributed by atoms with Crippen LogP contribution in [-0.2, 0) is 11.3 Å². The minimum absolute atomic E-state index is 0.0982. The van der Waals surface area contributed by atoms with Crippen LogP contribution in [0, 0.1) is 6.92 Å². The Kier molecular flexibility index (Phi) is 5.44. The van der Waals surface area contributed by atoms with E-state index in [1.165, 1.54) is 12.7 Å². The fourth-order valence-electron chi connectivity index (χ4n) is 2.47. The third-order valence-corrected chi connectivity index (χ3v) is 3.94. The molecule has 0 bridgehead atoms. The summed E-state index contributed by atoms with van der Waals surface area (Å²) in [6.07, 6.45) is 0. The molecule has 0 aliphatic rings. The number of nitrogens with zero attached hydrogens (tertiary/aromatic N) is 1. The second kappa shape index (κ2) is 7.34. The first kappa shape index (κ1) is 17.8. The zero-order valence-electron chi connectivity index (χ0n) is 14.8. The van der Waals surface area contributed by atoms with Crippen molar-refractivity contribution < 1.29 is 18.7 Å². The summed E-state index contributed by atoms with van der Waals surface area (Å²) in [6, 6.07) is 9.23. The zero-order valence-corrected chi connectivity index (χ0v) is 14.8. The number of carbonyl (C=O) groups excluding carboxylic acids is 2. The minimum Gasteiger partial charge on any atom is -0.465 e. The SMILES string of the molecule is COC(=O)c1cc(CN(C)C(=O)c2ccc(C(C)C)cc2)oc1C. The number of hydrogen-bond acceptors (Lipinski definition) is 4. The molecule has 1 aromatic carbocycles. The molecular weight excluding hydrogens is 306 g/mol. The van der Waals surface area contributed by atoms with Gasteiger partial charge in [-0.2, -0.15) is 0 Å². The Hall–Kier alpha value is -2.56. The fraction of sp³-hybridized carbons (Fsp3) is 0.368. The van der Waals surface area contributed by atoms with Crippen LogP contribution in [0.5, 0.6) is 0 Å². The Balaban J connectivity index is 2.10. The van der Waals surface area contributed by atoms with Crippen molar-refractivity contribution in [2.75, 3.05) is 14.2 Å². The predicted octanol–water partition coefficient (Wildman–Crippen LogP) is 3.77. The second-order valence-electron chi connectivity index (χ2n) is 6.11. The highest BCUT2D eigenvalue weighted by Gasteiger charge is 2.18. The lowest BCUT2D eigenvalue weighted by Gasteiger charge is -2.16. The molecule has 1 heterocycles. The van der Waals surface area contributed by atoms with Crippen molar-refractivity contribution in [3.63, 3.8) is 0 Å². The molecule has 1 aromatic heterocycles. The van der Waals surface area contributed by atoms with Crippen LogP contribution in [0.2, 0.25) is 0 Å². The number of ether oxygens (including phenoxy) is 1. The van der Waals surface area contributed by atoms with Crippen LogP contribution < -0.4 is 0 Å². The third kappa shape index (κ3) is 3.85. The van der Waals surface area contributed by atoms with Crippen LogP contribution in [-0.4, -0.2) is 30.9 Å². The molecule has 0 unspecified atom stereocenters. The smallest absolute Gasteiger partial charge is 0.341 e. The van der Waals surface area contributed by atoms with Crippen molar-refractivity contribution in [2.24, 2.45) is 0 Å². The van der Waals surface area contributed by atoms with E-state index < -0.39 is 5.97 Å². The van der Waals surface area contributed by atoms with E-state index in [2.05, 4.69) is 13.8 Å². The Morgan fingerprint density at radius 2 is 1.83 bits per heavy atom. The zero-order chi connectivity index (χ0) is 17.9. The van der Waals surface area contributed by atoms with Crippen LogP contribution in [0.4, 0.5) is 0 Å². The highest BCUT2D eigenvalue weighted by atomic mass is 16.5. The summed E-state index contributed by atoms with van der Waals surface area (Å²) < 4.78 is 10.3. The molecule has 5 nitrogen and oxygen atoms in total. The lowest BCUT2D eigenvalue weighted by molar-refractivity contribution is 0.0598. The average Bonchev–Trinajstić information content (AvgIpc) is 2.93. The summed E-state index contributed by atoms with van der Waals surface area (Å²) in [7, 11) is 3.03. The van der Waals surface area contributed by atoms with Crippen LogP contribution in [0.1, 0.15) is 57.6 Å². The van der Waals surface area contributed by atoms with Gasteiger partial charge in [-0.05, 0) is 36.6 Å². The molecule has 128 valence electrons. The molecule has 1 amide bonds. The van der Waals surface area contributed by atoms with Crippen molar-refractivity contribution in [3.05, 3.63) is 58.5 Å². The first-order chi connectivity index (χ1) is 11.3. The van der Waals surface area contributed by atoms with Gasteiger partial charge in [0.1, 0.15) is 17.1 Å². The number of methoxy groups -OCH3 is 1. The molecule has 0 saturated carbocycles. The molecule has 24 heavy (non-hydrogen) atoms. The summed E-state index contributed by atoms with van der Waals surface area (Å²) in [5, 5.41) is 0. The number of rotatable bonds is 5.